The molecule has 0 aliphatic heterocycles. The zero-order valence-corrected chi connectivity index (χ0v) is 19.8. The number of terminal acetylenes is 1. The van der Waals surface area contributed by atoms with Crippen molar-refractivity contribution in [2.45, 2.75) is 6.54 Å². The third kappa shape index (κ3) is 4.96. The summed E-state index contributed by atoms with van der Waals surface area (Å²) in [5, 5.41) is 0. The van der Waals surface area contributed by atoms with Gasteiger partial charge in [0.1, 0.15) is 0 Å². The number of carbonyl (C=O) groups is 1. The van der Waals surface area contributed by atoms with E-state index >= 15 is 0 Å². The van der Waals surface area contributed by atoms with Gasteiger partial charge in [-0.2, -0.15) is 4.99 Å². The van der Waals surface area contributed by atoms with Crippen LogP contribution in [-0.4, -0.2) is 46.0 Å². The van der Waals surface area contributed by atoms with Crippen molar-refractivity contribution in [1.82, 2.24) is 4.57 Å². The second-order valence-corrected chi connectivity index (χ2v) is 7.60. The number of benzene rings is 2. The van der Waals surface area contributed by atoms with Crippen LogP contribution >= 0.6 is 11.3 Å². The molecule has 0 spiro atoms. The van der Waals surface area contributed by atoms with Gasteiger partial charge < -0.3 is 28.3 Å². The Kier molecular flexibility index (Phi) is 7.64. The van der Waals surface area contributed by atoms with Gasteiger partial charge in [0.2, 0.25) is 5.75 Å². The van der Waals surface area contributed by atoms with E-state index in [1.807, 2.05) is 12.1 Å². The number of nitrogens with zero attached hydrogens (tertiary/aromatic N) is 2. The number of amides is 1. The molecule has 0 N–H and O–H groups in total. The molecule has 0 saturated carbocycles. The number of fused-ring (bicyclic) bond motifs is 1. The molecule has 0 saturated heterocycles. The minimum Gasteiger partial charge on any atom is -0.493 e. The van der Waals surface area contributed by atoms with Gasteiger partial charge in [0.05, 0.1) is 52.3 Å². The third-order valence-corrected chi connectivity index (χ3v) is 5.79. The monoisotopic (exact) mass is 468 g/mol. The van der Waals surface area contributed by atoms with Gasteiger partial charge in [-0.25, -0.2) is 0 Å². The van der Waals surface area contributed by atoms with Crippen molar-refractivity contribution in [3.05, 3.63) is 40.7 Å². The maximum Gasteiger partial charge on any atom is 0.272 e. The number of hydrogen-bond acceptors (Lipinski definition) is 7. The van der Waals surface area contributed by atoms with Gasteiger partial charge in [-0.1, -0.05) is 17.3 Å². The highest BCUT2D eigenvalue weighted by Gasteiger charge is 2.14. The molecule has 3 rings (SSSR count). The average molecular weight is 469 g/mol. The van der Waals surface area contributed by atoms with E-state index in [1.165, 1.54) is 38.7 Å². The summed E-state index contributed by atoms with van der Waals surface area (Å²) < 4.78 is 29.4. The summed E-state index contributed by atoms with van der Waals surface area (Å²) >= 11 is 1.33. The van der Waals surface area contributed by atoms with Crippen molar-refractivity contribution in [1.29, 1.82) is 0 Å². The van der Waals surface area contributed by atoms with E-state index in [1.54, 1.807) is 37.0 Å². The van der Waals surface area contributed by atoms with Crippen LogP contribution in [0.4, 0.5) is 0 Å². The minimum absolute atomic E-state index is 0.248. The molecule has 9 heteroatoms. The number of rotatable bonds is 8. The summed E-state index contributed by atoms with van der Waals surface area (Å²) in [6.07, 6.45) is 8.55. The number of methoxy groups -OCH3 is 5. The molecule has 0 bridgehead atoms. The van der Waals surface area contributed by atoms with Crippen LogP contribution in [0.2, 0.25) is 0 Å². The molecular formula is C24H24N2O6S. The van der Waals surface area contributed by atoms with E-state index in [0.717, 1.165) is 10.2 Å². The lowest BCUT2D eigenvalue weighted by Crippen LogP contribution is -2.15. The molecule has 0 atom stereocenters. The van der Waals surface area contributed by atoms with E-state index in [9.17, 15) is 4.79 Å². The molecule has 0 unspecified atom stereocenters. The number of aromatic nitrogens is 1. The first-order valence-electron chi connectivity index (χ1n) is 9.75. The molecule has 0 aliphatic rings. The van der Waals surface area contributed by atoms with Crippen molar-refractivity contribution in [2.24, 2.45) is 4.99 Å². The molecule has 3 aromatic rings. The minimum atomic E-state index is -0.444. The largest absolute Gasteiger partial charge is 0.493 e. The van der Waals surface area contributed by atoms with Crippen LogP contribution < -0.4 is 28.5 Å². The standard InChI is InChI=1S/C24H24N2O6S/c1-7-10-26-16-13-17(28-2)18(29-3)14-21(16)33-24(26)25-22(27)9-8-15-11-19(30-4)23(32-6)20(12-15)31-5/h1,8-9,11-14H,10H2,2-6H3/b9-8-,25-24?. The summed E-state index contributed by atoms with van der Waals surface area (Å²) in [6, 6.07) is 7.13. The highest BCUT2D eigenvalue weighted by molar-refractivity contribution is 7.16. The van der Waals surface area contributed by atoms with Crippen LogP contribution in [0.5, 0.6) is 28.7 Å². The lowest BCUT2D eigenvalue weighted by molar-refractivity contribution is -0.113. The van der Waals surface area contributed by atoms with Crippen LogP contribution in [-0.2, 0) is 11.3 Å². The second kappa shape index (κ2) is 10.6. The summed E-state index contributed by atoms with van der Waals surface area (Å²) in [6.45, 7) is 0.248. The Bertz CT molecular complexity index is 1290. The Morgan fingerprint density at radius 2 is 1.58 bits per heavy atom. The number of carbonyl (C=O) groups excluding carboxylic acids is 1. The van der Waals surface area contributed by atoms with Crippen LogP contribution in [0.1, 0.15) is 5.56 Å². The molecule has 0 aliphatic carbocycles. The molecular weight excluding hydrogens is 444 g/mol. The first-order chi connectivity index (χ1) is 16.0. The number of ether oxygens (including phenoxy) is 5. The molecule has 1 heterocycles. The first-order valence-corrected chi connectivity index (χ1v) is 10.6. The highest BCUT2D eigenvalue weighted by atomic mass is 32.1. The Morgan fingerprint density at radius 1 is 0.970 bits per heavy atom. The van der Waals surface area contributed by atoms with Gasteiger partial charge in [0.25, 0.3) is 5.91 Å². The lowest BCUT2D eigenvalue weighted by Gasteiger charge is -2.12. The zero-order chi connectivity index (χ0) is 24.0. The fraction of sp³-hybridized carbons (Fsp3) is 0.250. The van der Waals surface area contributed by atoms with E-state index < -0.39 is 5.91 Å². The van der Waals surface area contributed by atoms with E-state index in [0.29, 0.717) is 39.1 Å². The quantitative estimate of drug-likeness (QED) is 0.372. The normalized spacial score (nSPS) is 11.5. The Morgan fingerprint density at radius 3 is 2.12 bits per heavy atom. The van der Waals surface area contributed by atoms with Gasteiger partial charge in [-0.05, 0) is 23.8 Å². The second-order valence-electron chi connectivity index (χ2n) is 6.59. The summed E-state index contributed by atoms with van der Waals surface area (Å²) in [7, 11) is 7.71. The zero-order valence-electron chi connectivity index (χ0n) is 19.0. The Hall–Kier alpha value is -3.90. The maximum absolute atomic E-state index is 12.6. The smallest absolute Gasteiger partial charge is 0.272 e. The molecule has 1 aromatic heterocycles. The van der Waals surface area contributed by atoms with E-state index in [-0.39, 0.29) is 6.54 Å². The van der Waals surface area contributed by atoms with Crippen molar-refractivity contribution >= 4 is 33.5 Å². The number of hydrogen-bond donors (Lipinski definition) is 0. The Labute approximate surface area is 195 Å². The SMILES string of the molecule is C#CCn1c(=NC(=O)/C=C\c2cc(OC)c(OC)c(OC)c2)sc2cc(OC)c(OC)cc21. The van der Waals surface area contributed by atoms with Crippen LogP contribution in [0, 0.1) is 12.3 Å². The first kappa shape index (κ1) is 23.8. The summed E-state index contributed by atoms with van der Waals surface area (Å²) in [5.74, 6) is 4.75. The average Bonchev–Trinajstić information content (AvgIpc) is 3.16. The van der Waals surface area contributed by atoms with Crippen molar-refractivity contribution < 1.29 is 28.5 Å². The molecule has 0 fully saturated rings. The van der Waals surface area contributed by atoms with Gasteiger partial charge >= 0.3 is 0 Å². The van der Waals surface area contributed by atoms with Crippen LogP contribution in [0.3, 0.4) is 0 Å². The van der Waals surface area contributed by atoms with Crippen LogP contribution in [0.25, 0.3) is 16.3 Å². The summed E-state index contributed by atoms with van der Waals surface area (Å²) in [4.78, 5) is 17.4. The topological polar surface area (TPSA) is 80.5 Å². The fourth-order valence-electron chi connectivity index (χ4n) is 3.22. The van der Waals surface area contributed by atoms with Crippen molar-refractivity contribution in [2.75, 3.05) is 35.5 Å². The maximum atomic E-state index is 12.6. The molecule has 2 aromatic carbocycles. The predicted octanol–water partition coefficient (Wildman–Crippen LogP) is 3.52. The summed E-state index contributed by atoms with van der Waals surface area (Å²) in [5.41, 5.74) is 1.49. The van der Waals surface area contributed by atoms with Gasteiger partial charge in [0, 0.05) is 18.2 Å². The van der Waals surface area contributed by atoms with E-state index in [4.69, 9.17) is 30.1 Å². The van der Waals surface area contributed by atoms with Crippen LogP contribution in [0.15, 0.2) is 35.3 Å². The fourth-order valence-corrected chi connectivity index (χ4v) is 4.27. The van der Waals surface area contributed by atoms with E-state index in [2.05, 4.69) is 10.9 Å². The lowest BCUT2D eigenvalue weighted by atomic mass is 10.1. The van der Waals surface area contributed by atoms with Gasteiger partial charge in [-0.3, -0.25) is 4.79 Å². The van der Waals surface area contributed by atoms with Crippen molar-refractivity contribution in [3.8, 4) is 41.1 Å². The third-order valence-electron chi connectivity index (χ3n) is 4.75. The van der Waals surface area contributed by atoms with Gasteiger partial charge in [-0.15, -0.1) is 6.42 Å². The van der Waals surface area contributed by atoms with Gasteiger partial charge in [0.15, 0.2) is 27.8 Å². The molecule has 33 heavy (non-hydrogen) atoms. The molecule has 172 valence electrons. The Balaban J connectivity index is 2.02. The van der Waals surface area contributed by atoms with Crippen molar-refractivity contribution in [3.63, 3.8) is 0 Å². The predicted molar refractivity (Wildman–Crippen MR) is 127 cm³/mol. The number of thiazole rings is 1. The molecule has 8 nitrogen and oxygen atoms in total. The molecule has 1 amide bonds. The highest BCUT2D eigenvalue weighted by Crippen LogP contribution is 2.38. The molecule has 0 radical (unpaired) electrons.